The van der Waals surface area contributed by atoms with Crippen LogP contribution in [0.25, 0.3) is 11.0 Å². The third-order valence-corrected chi connectivity index (χ3v) is 3.67. The molecule has 3 heterocycles. The maximum Gasteiger partial charge on any atom is 0.137 e. The van der Waals surface area contributed by atoms with Crippen LogP contribution in [0.1, 0.15) is 12.6 Å². The third-order valence-electron chi connectivity index (χ3n) is 2.42. The molecule has 76 valence electrons. The number of aromatic amines is 1. The summed E-state index contributed by atoms with van der Waals surface area (Å²) >= 11 is 1.81. The highest BCUT2D eigenvalue weighted by Crippen LogP contribution is 2.24. The van der Waals surface area contributed by atoms with Gasteiger partial charge >= 0.3 is 0 Å². The fraction of sp³-hybridized carbons (Fsp3) is 0.273. The number of nitrogens with one attached hydrogen (secondary N) is 1. The maximum atomic E-state index is 4.57. The van der Waals surface area contributed by atoms with Crippen molar-refractivity contribution in [1.82, 2.24) is 9.97 Å². The number of hydrogen-bond acceptors (Lipinski definition) is 3. The minimum atomic E-state index is 0.435. The van der Waals surface area contributed by atoms with Gasteiger partial charge in [-0.15, -0.1) is 11.8 Å². The molecule has 1 aliphatic heterocycles. The van der Waals surface area contributed by atoms with Crippen LogP contribution in [0.3, 0.4) is 0 Å². The van der Waals surface area contributed by atoms with Crippen LogP contribution >= 0.6 is 11.8 Å². The first-order chi connectivity index (χ1) is 7.33. The molecule has 1 aliphatic rings. The number of nitrogens with zero attached hydrogens (tertiary/aromatic N) is 2. The first-order valence-electron chi connectivity index (χ1n) is 4.97. The first kappa shape index (κ1) is 8.97. The van der Waals surface area contributed by atoms with Gasteiger partial charge in [-0.3, -0.25) is 4.99 Å². The number of H-pyrrole nitrogens is 1. The van der Waals surface area contributed by atoms with Gasteiger partial charge in [0.1, 0.15) is 10.7 Å². The van der Waals surface area contributed by atoms with Crippen molar-refractivity contribution in [1.29, 1.82) is 0 Å². The van der Waals surface area contributed by atoms with E-state index < -0.39 is 0 Å². The molecule has 0 saturated carbocycles. The Bertz CT molecular complexity index is 496. The lowest BCUT2D eigenvalue weighted by Gasteiger charge is -1.92. The molecule has 15 heavy (non-hydrogen) atoms. The summed E-state index contributed by atoms with van der Waals surface area (Å²) in [5, 5.41) is 2.26. The monoisotopic (exact) mass is 217 g/mol. The van der Waals surface area contributed by atoms with E-state index in [9.17, 15) is 0 Å². The molecule has 3 nitrogen and oxygen atoms in total. The Hall–Kier alpha value is -1.29. The highest BCUT2D eigenvalue weighted by atomic mass is 32.2. The minimum Gasteiger partial charge on any atom is -0.338 e. The zero-order chi connectivity index (χ0) is 10.3. The number of thioether (sulfide) groups is 1. The van der Waals surface area contributed by atoms with Gasteiger partial charge in [0.2, 0.25) is 0 Å². The lowest BCUT2D eigenvalue weighted by molar-refractivity contribution is 0.865. The summed E-state index contributed by atoms with van der Waals surface area (Å²) in [6.45, 7) is 2.14. The minimum absolute atomic E-state index is 0.435. The van der Waals surface area contributed by atoms with E-state index in [0.29, 0.717) is 6.04 Å². The SMILES string of the molecule is CC1CSC(c2cc3cccnc3[nH]2)=N1. The van der Waals surface area contributed by atoms with Crippen molar-refractivity contribution in [3.63, 3.8) is 0 Å². The second-order valence-electron chi connectivity index (χ2n) is 3.72. The molecule has 3 rings (SSSR count). The Labute approximate surface area is 92.0 Å². The molecule has 0 aromatic carbocycles. The van der Waals surface area contributed by atoms with E-state index in [4.69, 9.17) is 0 Å². The zero-order valence-electron chi connectivity index (χ0n) is 8.40. The molecular weight excluding hydrogens is 206 g/mol. The third kappa shape index (κ3) is 1.55. The Kier molecular flexibility index (Phi) is 2.02. The molecule has 1 atom stereocenters. The molecule has 4 heteroatoms. The average molecular weight is 217 g/mol. The summed E-state index contributed by atoms with van der Waals surface area (Å²) in [5.41, 5.74) is 2.04. The molecule has 1 N–H and O–H groups in total. The summed E-state index contributed by atoms with van der Waals surface area (Å²) in [6, 6.07) is 6.56. The van der Waals surface area contributed by atoms with E-state index >= 15 is 0 Å². The van der Waals surface area contributed by atoms with Crippen LogP contribution in [0.2, 0.25) is 0 Å². The van der Waals surface area contributed by atoms with Crippen LogP contribution in [0.15, 0.2) is 29.4 Å². The Balaban J connectivity index is 2.09. The molecule has 1 unspecified atom stereocenters. The van der Waals surface area contributed by atoms with Crippen LogP contribution in [0.5, 0.6) is 0 Å². The van der Waals surface area contributed by atoms with E-state index in [0.717, 1.165) is 27.5 Å². The highest BCUT2D eigenvalue weighted by Gasteiger charge is 2.17. The van der Waals surface area contributed by atoms with Crippen LogP contribution < -0.4 is 0 Å². The van der Waals surface area contributed by atoms with E-state index in [2.05, 4.69) is 34.0 Å². The number of rotatable bonds is 1. The summed E-state index contributed by atoms with van der Waals surface area (Å²) in [6.07, 6.45) is 1.80. The Morgan fingerprint density at radius 1 is 1.53 bits per heavy atom. The predicted octanol–water partition coefficient (Wildman–Crippen LogP) is 2.44. The second-order valence-corrected chi connectivity index (χ2v) is 4.73. The smallest absolute Gasteiger partial charge is 0.137 e. The van der Waals surface area contributed by atoms with Crippen LogP contribution in [0, 0.1) is 0 Å². The van der Waals surface area contributed by atoms with E-state index in [1.165, 1.54) is 0 Å². The van der Waals surface area contributed by atoms with Crippen molar-refractivity contribution in [2.24, 2.45) is 4.99 Å². The van der Waals surface area contributed by atoms with Gasteiger partial charge in [-0.1, -0.05) is 0 Å². The molecule has 0 amide bonds. The first-order valence-corrected chi connectivity index (χ1v) is 5.96. The van der Waals surface area contributed by atoms with Gasteiger partial charge in [0.25, 0.3) is 0 Å². The summed E-state index contributed by atoms with van der Waals surface area (Å²) in [7, 11) is 0. The van der Waals surface area contributed by atoms with E-state index in [1.807, 2.05) is 17.8 Å². The van der Waals surface area contributed by atoms with Crippen molar-refractivity contribution in [2.75, 3.05) is 5.75 Å². The topological polar surface area (TPSA) is 41.0 Å². The Morgan fingerprint density at radius 2 is 2.47 bits per heavy atom. The molecule has 0 radical (unpaired) electrons. The fourth-order valence-electron chi connectivity index (χ4n) is 1.69. The summed E-state index contributed by atoms with van der Waals surface area (Å²) in [5.74, 6) is 1.08. The second kappa shape index (κ2) is 3.38. The quantitative estimate of drug-likeness (QED) is 0.797. The fourth-order valence-corrected chi connectivity index (χ4v) is 2.69. The molecule has 2 aromatic heterocycles. The number of fused-ring (bicyclic) bond motifs is 1. The van der Waals surface area contributed by atoms with Crippen molar-refractivity contribution < 1.29 is 0 Å². The summed E-state index contributed by atoms with van der Waals surface area (Å²) < 4.78 is 0. The van der Waals surface area contributed by atoms with Crippen molar-refractivity contribution in [3.8, 4) is 0 Å². The van der Waals surface area contributed by atoms with Gasteiger partial charge in [-0.2, -0.15) is 0 Å². The van der Waals surface area contributed by atoms with Gasteiger partial charge in [0.15, 0.2) is 0 Å². The molecular formula is C11H11N3S. The van der Waals surface area contributed by atoms with Crippen molar-refractivity contribution in [2.45, 2.75) is 13.0 Å². The molecule has 0 aliphatic carbocycles. The summed E-state index contributed by atoms with van der Waals surface area (Å²) in [4.78, 5) is 12.1. The van der Waals surface area contributed by atoms with Gasteiger partial charge in [-0.05, 0) is 25.1 Å². The van der Waals surface area contributed by atoms with Gasteiger partial charge in [0, 0.05) is 17.3 Å². The zero-order valence-corrected chi connectivity index (χ0v) is 9.21. The highest BCUT2D eigenvalue weighted by molar-refractivity contribution is 8.14. The standard InChI is InChI=1S/C11H11N3S/c1-7-6-15-11(13-7)9-5-8-3-2-4-12-10(8)14-9/h2-5,7H,6H2,1H3,(H,12,14). The molecule has 0 spiro atoms. The van der Waals surface area contributed by atoms with Crippen molar-refractivity contribution >= 4 is 27.8 Å². The molecule has 2 aromatic rings. The average Bonchev–Trinajstić information content (AvgIpc) is 2.82. The maximum absolute atomic E-state index is 4.57. The van der Waals surface area contributed by atoms with Crippen LogP contribution in [-0.4, -0.2) is 26.8 Å². The van der Waals surface area contributed by atoms with Crippen molar-refractivity contribution in [3.05, 3.63) is 30.1 Å². The molecule has 0 saturated heterocycles. The number of aromatic nitrogens is 2. The lowest BCUT2D eigenvalue weighted by Crippen LogP contribution is -1.93. The Morgan fingerprint density at radius 3 is 3.20 bits per heavy atom. The number of aliphatic imine (C=N–C) groups is 1. The van der Waals surface area contributed by atoms with Gasteiger partial charge < -0.3 is 4.98 Å². The lowest BCUT2D eigenvalue weighted by atomic mass is 10.3. The van der Waals surface area contributed by atoms with Gasteiger partial charge in [-0.25, -0.2) is 4.98 Å². The van der Waals surface area contributed by atoms with Gasteiger partial charge in [0.05, 0.1) is 11.7 Å². The normalized spacial score (nSPS) is 20.9. The number of hydrogen-bond donors (Lipinski definition) is 1. The predicted molar refractivity (Wildman–Crippen MR) is 64.6 cm³/mol. The molecule has 0 bridgehead atoms. The molecule has 0 fully saturated rings. The largest absolute Gasteiger partial charge is 0.338 e. The van der Waals surface area contributed by atoms with E-state index in [1.54, 1.807) is 6.20 Å². The van der Waals surface area contributed by atoms with E-state index in [-0.39, 0.29) is 0 Å². The van der Waals surface area contributed by atoms with Crippen LogP contribution in [0.4, 0.5) is 0 Å². The number of pyridine rings is 1. The van der Waals surface area contributed by atoms with Crippen LogP contribution in [-0.2, 0) is 0 Å².